The van der Waals surface area contributed by atoms with Gasteiger partial charge in [-0.05, 0) is 37.1 Å². The molecule has 0 saturated heterocycles. The summed E-state index contributed by atoms with van der Waals surface area (Å²) in [6.07, 6.45) is 6.25. The molecule has 0 saturated carbocycles. The fraction of sp³-hybridized carbons (Fsp3) is 0.318. The molecule has 0 radical (unpaired) electrons. The Morgan fingerprint density at radius 2 is 2.14 bits per heavy atom. The lowest BCUT2D eigenvalue weighted by Crippen LogP contribution is -2.31. The summed E-state index contributed by atoms with van der Waals surface area (Å²) >= 11 is 0. The van der Waals surface area contributed by atoms with Gasteiger partial charge in [-0.25, -0.2) is 9.78 Å². The maximum atomic E-state index is 12.2. The van der Waals surface area contributed by atoms with E-state index in [-0.39, 0.29) is 0 Å². The van der Waals surface area contributed by atoms with Crippen LogP contribution < -0.4 is 0 Å². The summed E-state index contributed by atoms with van der Waals surface area (Å²) in [5.41, 5.74) is 6.21. The quantitative estimate of drug-likeness (QED) is 0.760. The number of aryl methyl sites for hydroxylation is 1. The molecule has 0 unspecified atom stereocenters. The number of carbonyl (C=O) groups is 1. The summed E-state index contributed by atoms with van der Waals surface area (Å²) in [6.45, 7) is 5.31. The summed E-state index contributed by atoms with van der Waals surface area (Å²) in [4.78, 5) is 19.3. The van der Waals surface area contributed by atoms with Crippen LogP contribution in [0.4, 0.5) is 0 Å². The van der Waals surface area contributed by atoms with Crippen LogP contribution in [0, 0.1) is 0 Å². The number of carboxylic acids is 1. The Labute approximate surface area is 163 Å². The van der Waals surface area contributed by atoms with Crippen molar-refractivity contribution in [2.45, 2.75) is 32.9 Å². The van der Waals surface area contributed by atoms with Gasteiger partial charge in [-0.2, -0.15) is 5.10 Å². The molecule has 6 heteroatoms. The largest absolute Gasteiger partial charge is 0.478 e. The van der Waals surface area contributed by atoms with Gasteiger partial charge >= 0.3 is 5.97 Å². The second-order valence-electron chi connectivity index (χ2n) is 7.48. The first-order valence-corrected chi connectivity index (χ1v) is 9.78. The van der Waals surface area contributed by atoms with Crippen molar-refractivity contribution < 1.29 is 9.90 Å². The van der Waals surface area contributed by atoms with Crippen molar-refractivity contribution >= 4 is 28.5 Å². The van der Waals surface area contributed by atoms with Gasteiger partial charge in [0.2, 0.25) is 0 Å². The van der Waals surface area contributed by atoms with Gasteiger partial charge in [0.15, 0.2) is 0 Å². The minimum atomic E-state index is -0.890. The smallest absolute Gasteiger partial charge is 0.336 e. The highest BCUT2D eigenvalue weighted by atomic mass is 16.4. The number of pyridine rings is 1. The summed E-state index contributed by atoms with van der Waals surface area (Å²) in [5.74, 6) is -0.890. The average molecular weight is 374 g/mol. The second kappa shape index (κ2) is 6.56. The van der Waals surface area contributed by atoms with Crippen molar-refractivity contribution in [3.8, 4) is 0 Å². The predicted molar refractivity (Wildman–Crippen MR) is 108 cm³/mol. The Bertz CT molecular complexity index is 1130. The number of hydrogen-bond acceptors (Lipinski definition) is 4. The van der Waals surface area contributed by atoms with Gasteiger partial charge in [0.1, 0.15) is 0 Å². The number of benzene rings is 1. The maximum Gasteiger partial charge on any atom is 0.336 e. The SMILES string of the molecule is CCN1CC(=Cc2cnn3c2CCC3)c2nc3ccccc3c(C(=O)O)c2C1. The molecule has 0 spiro atoms. The van der Waals surface area contributed by atoms with Crippen molar-refractivity contribution in [2.75, 3.05) is 13.1 Å². The first-order chi connectivity index (χ1) is 13.7. The molecule has 0 atom stereocenters. The first-order valence-electron chi connectivity index (χ1n) is 9.78. The van der Waals surface area contributed by atoms with E-state index in [4.69, 9.17) is 4.98 Å². The number of carboxylic acid groups (broad SMARTS) is 1. The zero-order chi connectivity index (χ0) is 19.3. The molecule has 28 heavy (non-hydrogen) atoms. The summed E-state index contributed by atoms with van der Waals surface area (Å²) in [6, 6.07) is 7.52. The van der Waals surface area contributed by atoms with Gasteiger partial charge in [0.25, 0.3) is 0 Å². The van der Waals surface area contributed by atoms with Crippen LogP contribution in [-0.2, 0) is 19.5 Å². The normalized spacial score (nSPS) is 17.8. The van der Waals surface area contributed by atoms with E-state index in [9.17, 15) is 9.90 Å². The highest BCUT2D eigenvalue weighted by molar-refractivity contribution is 6.06. The molecule has 142 valence electrons. The fourth-order valence-corrected chi connectivity index (χ4v) is 4.44. The fourth-order valence-electron chi connectivity index (χ4n) is 4.44. The Morgan fingerprint density at radius 1 is 1.29 bits per heavy atom. The number of aromatic carboxylic acids is 1. The molecule has 1 N–H and O–H groups in total. The molecule has 5 rings (SSSR count). The third-order valence-corrected chi connectivity index (χ3v) is 5.83. The number of nitrogens with zero attached hydrogens (tertiary/aromatic N) is 4. The second-order valence-corrected chi connectivity index (χ2v) is 7.48. The van der Waals surface area contributed by atoms with Gasteiger partial charge < -0.3 is 5.11 Å². The van der Waals surface area contributed by atoms with Gasteiger partial charge in [0, 0.05) is 41.8 Å². The molecule has 0 bridgehead atoms. The molecule has 0 fully saturated rings. The highest BCUT2D eigenvalue weighted by Crippen LogP contribution is 2.34. The van der Waals surface area contributed by atoms with Crippen LogP contribution >= 0.6 is 0 Å². The average Bonchev–Trinajstić information content (AvgIpc) is 3.31. The topological polar surface area (TPSA) is 71.2 Å². The molecule has 4 heterocycles. The maximum absolute atomic E-state index is 12.2. The molecule has 0 aliphatic carbocycles. The third-order valence-electron chi connectivity index (χ3n) is 5.83. The lowest BCUT2D eigenvalue weighted by molar-refractivity contribution is 0.0696. The van der Waals surface area contributed by atoms with Crippen LogP contribution in [0.5, 0.6) is 0 Å². The van der Waals surface area contributed by atoms with Gasteiger partial charge in [-0.15, -0.1) is 0 Å². The van der Waals surface area contributed by atoms with Crippen molar-refractivity contribution in [3.63, 3.8) is 0 Å². The molecular weight excluding hydrogens is 352 g/mol. The molecule has 1 aromatic carbocycles. The number of hydrogen-bond donors (Lipinski definition) is 1. The van der Waals surface area contributed by atoms with E-state index in [1.165, 1.54) is 5.69 Å². The van der Waals surface area contributed by atoms with E-state index in [0.29, 0.717) is 17.5 Å². The Hall–Kier alpha value is -2.99. The van der Waals surface area contributed by atoms with Gasteiger partial charge in [-0.3, -0.25) is 9.58 Å². The molecule has 6 nitrogen and oxygen atoms in total. The molecule has 2 aliphatic heterocycles. The highest BCUT2D eigenvalue weighted by Gasteiger charge is 2.28. The number of likely N-dealkylation sites (N-methyl/N-ethyl adjacent to an activating group) is 1. The van der Waals surface area contributed by atoms with Crippen molar-refractivity contribution in [3.05, 3.63) is 58.5 Å². The third kappa shape index (κ3) is 2.64. The van der Waals surface area contributed by atoms with Crippen molar-refractivity contribution in [1.29, 1.82) is 0 Å². The lowest BCUT2D eigenvalue weighted by Gasteiger charge is -2.30. The van der Waals surface area contributed by atoms with E-state index in [1.807, 2.05) is 30.5 Å². The minimum Gasteiger partial charge on any atom is -0.478 e. The van der Waals surface area contributed by atoms with Crippen LogP contribution in [0.1, 0.15) is 46.2 Å². The Morgan fingerprint density at radius 3 is 2.96 bits per heavy atom. The van der Waals surface area contributed by atoms with Crippen LogP contribution in [0.25, 0.3) is 22.6 Å². The van der Waals surface area contributed by atoms with E-state index in [0.717, 1.165) is 60.4 Å². The van der Waals surface area contributed by atoms with E-state index in [1.54, 1.807) is 0 Å². The summed E-state index contributed by atoms with van der Waals surface area (Å²) < 4.78 is 2.07. The molecule has 2 aromatic heterocycles. The van der Waals surface area contributed by atoms with E-state index < -0.39 is 5.97 Å². The van der Waals surface area contributed by atoms with Crippen LogP contribution in [0.15, 0.2) is 30.5 Å². The van der Waals surface area contributed by atoms with Crippen LogP contribution in [-0.4, -0.2) is 43.8 Å². The Kier molecular flexibility index (Phi) is 4.02. The van der Waals surface area contributed by atoms with Crippen molar-refractivity contribution in [1.82, 2.24) is 19.7 Å². The molecular formula is C22H22N4O2. The molecule has 3 aromatic rings. The first kappa shape index (κ1) is 17.1. The van der Waals surface area contributed by atoms with E-state index >= 15 is 0 Å². The number of para-hydroxylation sites is 1. The van der Waals surface area contributed by atoms with Crippen LogP contribution in [0.2, 0.25) is 0 Å². The summed E-state index contributed by atoms with van der Waals surface area (Å²) in [5, 5.41) is 15.2. The number of aromatic nitrogens is 3. The minimum absolute atomic E-state index is 0.380. The number of fused-ring (bicyclic) bond motifs is 3. The molecule has 2 aliphatic rings. The zero-order valence-corrected chi connectivity index (χ0v) is 15.9. The standard InChI is InChI=1S/C22H22N4O2/c1-2-25-12-15(10-14-11-23-26-9-5-8-19(14)26)21-17(13-25)20(22(27)28)16-6-3-4-7-18(16)24-21/h3-4,6-7,10-11H,2,5,8-9,12-13H2,1H3,(H,27,28). The lowest BCUT2D eigenvalue weighted by atomic mass is 9.92. The van der Waals surface area contributed by atoms with Crippen molar-refractivity contribution in [2.24, 2.45) is 0 Å². The monoisotopic (exact) mass is 374 g/mol. The summed E-state index contributed by atoms with van der Waals surface area (Å²) in [7, 11) is 0. The molecule has 0 amide bonds. The Balaban J connectivity index is 1.75. The van der Waals surface area contributed by atoms with Gasteiger partial charge in [0.05, 0.1) is 23.0 Å². The van der Waals surface area contributed by atoms with Crippen LogP contribution in [0.3, 0.4) is 0 Å². The van der Waals surface area contributed by atoms with Gasteiger partial charge in [-0.1, -0.05) is 25.1 Å². The zero-order valence-electron chi connectivity index (χ0n) is 15.9. The van der Waals surface area contributed by atoms with E-state index in [2.05, 4.69) is 27.7 Å². The predicted octanol–water partition coefficient (Wildman–Crippen LogP) is 3.45. The number of rotatable bonds is 3.